The maximum Gasteiger partial charge on any atom is 0.261 e. The van der Waals surface area contributed by atoms with Crippen LogP contribution >= 0.6 is 11.6 Å². The highest BCUT2D eigenvalue weighted by Crippen LogP contribution is 2.24. The molecule has 0 bridgehead atoms. The third-order valence-corrected chi connectivity index (χ3v) is 6.57. The van der Waals surface area contributed by atoms with Gasteiger partial charge in [-0.1, -0.05) is 48.0 Å². The van der Waals surface area contributed by atoms with Gasteiger partial charge in [0.1, 0.15) is 0 Å². The van der Waals surface area contributed by atoms with Gasteiger partial charge in [0, 0.05) is 18.3 Å². The Morgan fingerprint density at radius 2 is 1.73 bits per heavy atom. The Labute approximate surface area is 197 Å². The highest BCUT2D eigenvalue weighted by atomic mass is 35.5. The molecular formula is C24H21ClN4O3S. The molecule has 4 aromatic rings. The number of carbonyl (C=O) groups is 1. The fourth-order valence-corrected chi connectivity index (χ4v) is 4.55. The number of hydrogen-bond donors (Lipinski definition) is 2. The number of nitrogens with zero attached hydrogens (tertiary/aromatic N) is 2. The number of carbonyl (C=O) groups excluding carboxylic acids is 1. The van der Waals surface area contributed by atoms with Gasteiger partial charge in [0.15, 0.2) is 0 Å². The predicted molar refractivity (Wildman–Crippen MR) is 128 cm³/mol. The van der Waals surface area contributed by atoms with Crippen molar-refractivity contribution in [3.05, 3.63) is 107 Å². The van der Waals surface area contributed by atoms with E-state index in [1.165, 1.54) is 18.2 Å². The zero-order valence-corrected chi connectivity index (χ0v) is 19.1. The van der Waals surface area contributed by atoms with Crippen molar-refractivity contribution in [1.29, 1.82) is 0 Å². The molecule has 33 heavy (non-hydrogen) atoms. The topological polar surface area (TPSA) is 93.1 Å². The summed E-state index contributed by atoms with van der Waals surface area (Å²) in [6.45, 7) is 0.383. The van der Waals surface area contributed by atoms with Crippen molar-refractivity contribution in [2.24, 2.45) is 0 Å². The van der Waals surface area contributed by atoms with E-state index < -0.39 is 10.0 Å². The molecular weight excluding hydrogens is 460 g/mol. The van der Waals surface area contributed by atoms with Crippen LogP contribution < -0.4 is 10.0 Å². The van der Waals surface area contributed by atoms with Crippen LogP contribution in [0.3, 0.4) is 0 Å². The lowest BCUT2D eigenvalue weighted by atomic mass is 10.2. The van der Waals surface area contributed by atoms with Crippen LogP contribution in [0, 0.1) is 0 Å². The van der Waals surface area contributed by atoms with Gasteiger partial charge in [0.25, 0.3) is 15.9 Å². The van der Waals surface area contributed by atoms with E-state index in [1.54, 1.807) is 41.2 Å². The molecule has 0 aliphatic heterocycles. The summed E-state index contributed by atoms with van der Waals surface area (Å²) in [4.78, 5) is 12.6. The highest BCUT2D eigenvalue weighted by Gasteiger charge is 2.17. The largest absolute Gasteiger partial charge is 0.352 e. The van der Waals surface area contributed by atoms with E-state index >= 15 is 0 Å². The van der Waals surface area contributed by atoms with Gasteiger partial charge in [-0.05, 0) is 54.4 Å². The first-order valence-electron chi connectivity index (χ1n) is 10.2. The molecule has 0 atom stereocenters. The van der Waals surface area contributed by atoms with Gasteiger partial charge in [-0.15, -0.1) is 0 Å². The molecule has 2 N–H and O–H groups in total. The number of amides is 1. The minimum absolute atomic E-state index is 0.0285. The first kappa shape index (κ1) is 22.6. The Bertz CT molecular complexity index is 1370. The Morgan fingerprint density at radius 1 is 0.970 bits per heavy atom. The fraction of sp³-hybridized carbons (Fsp3) is 0.0833. The van der Waals surface area contributed by atoms with Crippen molar-refractivity contribution in [2.45, 2.75) is 11.3 Å². The number of anilines is 1. The molecule has 1 heterocycles. The standard InChI is InChI=1S/C24H21ClN4O3S/c25-22-11-4-5-12-23(22)28-33(31,32)21-10-6-7-19(15-21)24(30)26-14-13-18-16-27-29(17-18)20-8-2-1-3-9-20/h1-12,15-17,28H,13-14H2,(H,26,30). The van der Waals surface area contributed by atoms with Gasteiger partial charge in [0.05, 0.1) is 27.5 Å². The van der Waals surface area contributed by atoms with Crippen molar-refractivity contribution >= 4 is 33.2 Å². The second-order valence-corrected chi connectivity index (χ2v) is 9.34. The molecule has 9 heteroatoms. The number of hydrogen-bond acceptors (Lipinski definition) is 4. The molecule has 3 aromatic carbocycles. The Kier molecular flexibility index (Phi) is 6.76. The molecule has 0 fully saturated rings. The van der Waals surface area contributed by atoms with Gasteiger partial charge >= 0.3 is 0 Å². The van der Waals surface area contributed by atoms with Crippen LogP contribution in [0.2, 0.25) is 5.02 Å². The summed E-state index contributed by atoms with van der Waals surface area (Å²) in [5, 5.41) is 7.45. The lowest BCUT2D eigenvalue weighted by Crippen LogP contribution is -2.26. The number of sulfonamides is 1. The van der Waals surface area contributed by atoms with Crippen molar-refractivity contribution in [3.8, 4) is 5.69 Å². The summed E-state index contributed by atoms with van der Waals surface area (Å²) in [7, 11) is -3.90. The fourth-order valence-electron chi connectivity index (χ4n) is 3.19. The molecule has 1 amide bonds. The number of nitrogens with one attached hydrogen (secondary N) is 2. The summed E-state index contributed by atoms with van der Waals surface area (Å²) < 4.78 is 29.7. The summed E-state index contributed by atoms with van der Waals surface area (Å²) >= 11 is 6.05. The van der Waals surface area contributed by atoms with Crippen molar-refractivity contribution in [2.75, 3.05) is 11.3 Å². The molecule has 0 saturated heterocycles. The van der Waals surface area contributed by atoms with Crippen molar-refractivity contribution < 1.29 is 13.2 Å². The normalized spacial score (nSPS) is 11.2. The quantitative estimate of drug-likeness (QED) is 0.393. The van der Waals surface area contributed by atoms with E-state index in [0.717, 1.165) is 11.3 Å². The van der Waals surface area contributed by atoms with Gasteiger partial charge in [0.2, 0.25) is 0 Å². The van der Waals surface area contributed by atoms with E-state index in [2.05, 4.69) is 15.1 Å². The lowest BCUT2D eigenvalue weighted by Gasteiger charge is -2.11. The van der Waals surface area contributed by atoms with Gasteiger partial charge < -0.3 is 5.32 Å². The minimum atomic E-state index is -3.90. The van der Waals surface area contributed by atoms with Gasteiger partial charge in [-0.25, -0.2) is 13.1 Å². The predicted octanol–water partition coefficient (Wildman–Crippen LogP) is 4.30. The van der Waals surface area contributed by atoms with Gasteiger partial charge in [-0.2, -0.15) is 5.10 Å². The monoisotopic (exact) mass is 480 g/mol. The lowest BCUT2D eigenvalue weighted by molar-refractivity contribution is 0.0954. The molecule has 0 radical (unpaired) electrons. The second-order valence-electron chi connectivity index (χ2n) is 7.25. The molecule has 0 aliphatic rings. The number of halogens is 1. The van der Waals surface area contributed by atoms with Crippen LogP contribution in [-0.4, -0.2) is 30.7 Å². The van der Waals surface area contributed by atoms with E-state index in [1.807, 2.05) is 36.5 Å². The van der Waals surface area contributed by atoms with Crippen molar-refractivity contribution in [3.63, 3.8) is 0 Å². The van der Waals surface area contributed by atoms with Crippen LogP contribution in [0.4, 0.5) is 5.69 Å². The van der Waals surface area contributed by atoms with E-state index in [4.69, 9.17) is 11.6 Å². The molecule has 0 aliphatic carbocycles. The molecule has 1 aromatic heterocycles. The van der Waals surface area contributed by atoms with Crippen LogP contribution in [0.25, 0.3) is 5.69 Å². The summed E-state index contributed by atoms with van der Waals surface area (Å²) in [6.07, 6.45) is 4.26. The third kappa shape index (κ3) is 5.60. The smallest absolute Gasteiger partial charge is 0.261 e. The average molecular weight is 481 g/mol. The van der Waals surface area contributed by atoms with Crippen LogP contribution in [-0.2, 0) is 16.4 Å². The minimum Gasteiger partial charge on any atom is -0.352 e. The van der Waals surface area contributed by atoms with Crippen LogP contribution in [0.15, 0.2) is 96.2 Å². The maximum absolute atomic E-state index is 12.7. The zero-order valence-electron chi connectivity index (χ0n) is 17.5. The third-order valence-electron chi connectivity index (χ3n) is 4.88. The first-order chi connectivity index (χ1) is 15.9. The number of para-hydroxylation sites is 2. The Morgan fingerprint density at radius 3 is 2.52 bits per heavy atom. The molecule has 168 valence electrons. The summed E-state index contributed by atoms with van der Waals surface area (Å²) in [5.74, 6) is -0.361. The molecule has 4 rings (SSSR count). The Balaban J connectivity index is 1.38. The van der Waals surface area contributed by atoms with E-state index in [-0.39, 0.29) is 27.1 Å². The molecule has 7 nitrogen and oxygen atoms in total. The number of benzene rings is 3. The van der Waals surface area contributed by atoms with Crippen LogP contribution in [0.5, 0.6) is 0 Å². The maximum atomic E-state index is 12.7. The number of rotatable bonds is 8. The first-order valence-corrected chi connectivity index (χ1v) is 12.0. The van der Waals surface area contributed by atoms with Crippen molar-refractivity contribution in [1.82, 2.24) is 15.1 Å². The molecule has 0 saturated carbocycles. The average Bonchev–Trinajstić information content (AvgIpc) is 3.30. The summed E-state index contributed by atoms with van der Waals surface area (Å²) in [6, 6.07) is 22.1. The second kappa shape index (κ2) is 9.89. The van der Waals surface area contributed by atoms with E-state index in [0.29, 0.717) is 13.0 Å². The zero-order chi connectivity index (χ0) is 23.3. The van der Waals surface area contributed by atoms with Gasteiger partial charge in [-0.3, -0.25) is 9.52 Å². The highest BCUT2D eigenvalue weighted by molar-refractivity contribution is 7.92. The van der Waals surface area contributed by atoms with Crippen LogP contribution in [0.1, 0.15) is 15.9 Å². The Hall–Kier alpha value is -3.62. The van der Waals surface area contributed by atoms with E-state index in [9.17, 15) is 13.2 Å². The summed E-state index contributed by atoms with van der Waals surface area (Å²) in [5.41, 5.74) is 2.44. The SMILES string of the molecule is O=C(NCCc1cnn(-c2ccccc2)c1)c1cccc(S(=O)(=O)Nc2ccccc2Cl)c1. The number of aromatic nitrogens is 2. The molecule has 0 spiro atoms. The molecule has 0 unspecified atom stereocenters.